The summed E-state index contributed by atoms with van der Waals surface area (Å²) in [5.41, 5.74) is 0. The number of hydrogen-bond acceptors (Lipinski definition) is 3. The van der Waals surface area contributed by atoms with Gasteiger partial charge in [-0.25, -0.2) is 0 Å². The molecule has 0 atom stereocenters. The van der Waals surface area contributed by atoms with Crippen LogP contribution in [-0.2, 0) is 6.54 Å². The molecule has 0 saturated carbocycles. The van der Waals surface area contributed by atoms with E-state index in [1.54, 1.807) is 6.20 Å². The number of rotatable bonds is 5. The Morgan fingerprint density at radius 3 is 2.95 bits per heavy atom. The van der Waals surface area contributed by atoms with E-state index in [1.165, 1.54) is 11.3 Å². The van der Waals surface area contributed by atoms with E-state index >= 15 is 0 Å². The zero-order valence-electron chi connectivity index (χ0n) is 11.6. The van der Waals surface area contributed by atoms with Gasteiger partial charge >= 0.3 is 0 Å². The van der Waals surface area contributed by atoms with Gasteiger partial charge in [0.2, 0.25) is 0 Å². The molecule has 114 valence electrons. The first kappa shape index (κ1) is 15.5. The van der Waals surface area contributed by atoms with E-state index in [1.807, 2.05) is 35.1 Å². The van der Waals surface area contributed by atoms with E-state index in [2.05, 4.69) is 26.3 Å². The normalized spacial score (nSPS) is 11.0. The zero-order chi connectivity index (χ0) is 15.5. The van der Waals surface area contributed by atoms with E-state index in [0.717, 1.165) is 27.5 Å². The molecule has 0 fully saturated rings. The Hall–Kier alpha value is -1.37. The first-order valence-electron chi connectivity index (χ1n) is 6.78. The van der Waals surface area contributed by atoms with E-state index in [4.69, 9.17) is 11.6 Å². The van der Waals surface area contributed by atoms with Crippen molar-refractivity contribution in [3.63, 3.8) is 0 Å². The van der Waals surface area contributed by atoms with Crippen molar-refractivity contribution in [2.45, 2.75) is 13.0 Å². The highest BCUT2D eigenvalue weighted by atomic mass is 79.9. The summed E-state index contributed by atoms with van der Waals surface area (Å²) in [5, 5.41) is 8.55. The highest BCUT2D eigenvalue weighted by molar-refractivity contribution is 9.10. The molecule has 2 heterocycles. The minimum Gasteiger partial charge on any atom is -0.351 e. The maximum Gasteiger partial charge on any atom is 0.262 e. The molecule has 7 heteroatoms. The number of aromatic nitrogens is 2. The average molecular weight is 399 g/mol. The summed E-state index contributed by atoms with van der Waals surface area (Å²) in [7, 11) is 0. The molecule has 0 spiro atoms. The Labute approximate surface area is 145 Å². The quantitative estimate of drug-likeness (QED) is 0.650. The third-order valence-corrected chi connectivity index (χ3v) is 5.28. The van der Waals surface area contributed by atoms with Crippen LogP contribution < -0.4 is 5.32 Å². The molecule has 22 heavy (non-hydrogen) atoms. The summed E-state index contributed by atoms with van der Waals surface area (Å²) in [6.45, 7) is 1.34. The molecule has 0 saturated heterocycles. The van der Waals surface area contributed by atoms with E-state index in [9.17, 15) is 4.79 Å². The second-order valence-electron chi connectivity index (χ2n) is 4.77. The molecule has 2 aromatic heterocycles. The van der Waals surface area contributed by atoms with Gasteiger partial charge in [-0.2, -0.15) is 5.10 Å². The van der Waals surface area contributed by atoms with Gasteiger partial charge in [-0.3, -0.25) is 9.48 Å². The van der Waals surface area contributed by atoms with Gasteiger partial charge in [0, 0.05) is 29.4 Å². The van der Waals surface area contributed by atoms with Crippen LogP contribution in [0.2, 0.25) is 5.02 Å². The number of nitrogens with one attached hydrogen (secondary N) is 1. The number of carbonyl (C=O) groups is 1. The monoisotopic (exact) mass is 397 g/mol. The van der Waals surface area contributed by atoms with Gasteiger partial charge in [0.05, 0.1) is 15.7 Å². The lowest BCUT2D eigenvalue weighted by Crippen LogP contribution is -2.24. The number of fused-ring (bicyclic) bond motifs is 1. The number of benzene rings is 1. The number of carbonyl (C=O) groups excluding carboxylic acids is 1. The first-order valence-corrected chi connectivity index (χ1v) is 8.77. The van der Waals surface area contributed by atoms with Crippen molar-refractivity contribution in [3.05, 3.63) is 51.0 Å². The summed E-state index contributed by atoms with van der Waals surface area (Å²) in [4.78, 5) is 12.8. The number of amides is 1. The summed E-state index contributed by atoms with van der Waals surface area (Å²) in [5.74, 6) is -0.118. The Balaban J connectivity index is 1.58. The van der Waals surface area contributed by atoms with Crippen LogP contribution in [0.25, 0.3) is 10.1 Å². The molecular formula is C15H13BrClN3OS. The smallest absolute Gasteiger partial charge is 0.262 e. The van der Waals surface area contributed by atoms with Crippen molar-refractivity contribution in [2.24, 2.45) is 0 Å². The zero-order valence-corrected chi connectivity index (χ0v) is 14.7. The molecule has 0 unspecified atom stereocenters. The van der Waals surface area contributed by atoms with Gasteiger partial charge in [0.1, 0.15) is 4.88 Å². The van der Waals surface area contributed by atoms with Gasteiger partial charge in [-0.15, -0.1) is 11.3 Å². The molecule has 4 nitrogen and oxygen atoms in total. The number of thiophene rings is 1. The maximum atomic E-state index is 12.2. The average Bonchev–Trinajstić information content (AvgIpc) is 3.08. The number of halogens is 2. The Kier molecular flexibility index (Phi) is 4.81. The fourth-order valence-corrected chi connectivity index (χ4v) is 3.91. The number of nitrogens with zero attached hydrogens (tertiary/aromatic N) is 2. The molecule has 0 radical (unpaired) electrons. The van der Waals surface area contributed by atoms with Crippen molar-refractivity contribution in [2.75, 3.05) is 6.54 Å². The van der Waals surface area contributed by atoms with Crippen molar-refractivity contribution < 1.29 is 4.79 Å². The molecule has 1 amide bonds. The standard InChI is InChI=1S/C15H13BrClN3OS/c16-10-8-19-20(9-10)7-3-6-18-15(21)14-13(17)11-4-1-2-5-12(11)22-14/h1-2,4-5,8-9H,3,6-7H2,(H,18,21). The van der Waals surface area contributed by atoms with E-state index < -0.39 is 0 Å². The molecule has 0 bridgehead atoms. The van der Waals surface area contributed by atoms with Crippen LogP contribution in [0.1, 0.15) is 16.1 Å². The van der Waals surface area contributed by atoms with Crippen LogP contribution in [-0.4, -0.2) is 22.2 Å². The SMILES string of the molecule is O=C(NCCCn1cc(Br)cn1)c1sc2ccccc2c1Cl. The number of hydrogen-bond donors (Lipinski definition) is 1. The summed E-state index contributed by atoms with van der Waals surface area (Å²) >= 11 is 11.1. The first-order chi connectivity index (χ1) is 10.6. The Bertz CT molecular complexity index is 814. The maximum absolute atomic E-state index is 12.2. The molecule has 0 aliphatic heterocycles. The Morgan fingerprint density at radius 1 is 1.41 bits per heavy atom. The van der Waals surface area contributed by atoms with Crippen LogP contribution in [0, 0.1) is 0 Å². The highest BCUT2D eigenvalue weighted by Gasteiger charge is 2.16. The summed E-state index contributed by atoms with van der Waals surface area (Å²) in [6.07, 6.45) is 4.46. The second-order valence-corrected chi connectivity index (χ2v) is 7.12. The second kappa shape index (κ2) is 6.81. The molecule has 3 aromatic rings. The molecule has 1 aromatic carbocycles. The molecular weight excluding hydrogens is 386 g/mol. The molecule has 1 N–H and O–H groups in total. The van der Waals surface area contributed by atoms with E-state index in [0.29, 0.717) is 16.4 Å². The Morgan fingerprint density at radius 2 is 2.23 bits per heavy atom. The molecule has 3 rings (SSSR count). The van der Waals surface area contributed by atoms with Crippen LogP contribution in [0.15, 0.2) is 41.1 Å². The van der Waals surface area contributed by atoms with Crippen molar-refractivity contribution in [1.29, 1.82) is 0 Å². The fraction of sp³-hybridized carbons (Fsp3) is 0.200. The van der Waals surface area contributed by atoms with Gasteiger partial charge in [0.25, 0.3) is 5.91 Å². The van der Waals surface area contributed by atoms with Crippen molar-refractivity contribution >= 4 is 54.9 Å². The lowest BCUT2D eigenvalue weighted by Gasteiger charge is -2.04. The topological polar surface area (TPSA) is 46.9 Å². The molecule has 0 aliphatic carbocycles. The van der Waals surface area contributed by atoms with Gasteiger partial charge in [0.15, 0.2) is 0 Å². The number of aryl methyl sites for hydroxylation is 1. The minimum absolute atomic E-state index is 0.118. The van der Waals surface area contributed by atoms with Gasteiger partial charge < -0.3 is 5.32 Å². The third kappa shape index (κ3) is 3.34. The summed E-state index contributed by atoms with van der Waals surface area (Å²) < 4.78 is 3.82. The van der Waals surface area contributed by atoms with Crippen LogP contribution in [0.4, 0.5) is 0 Å². The predicted molar refractivity (Wildman–Crippen MR) is 93.7 cm³/mol. The fourth-order valence-electron chi connectivity index (χ4n) is 2.14. The lowest BCUT2D eigenvalue weighted by atomic mass is 10.2. The highest BCUT2D eigenvalue weighted by Crippen LogP contribution is 2.34. The van der Waals surface area contributed by atoms with Crippen molar-refractivity contribution in [3.8, 4) is 0 Å². The van der Waals surface area contributed by atoms with Crippen molar-refractivity contribution in [1.82, 2.24) is 15.1 Å². The third-order valence-electron chi connectivity index (χ3n) is 3.19. The van der Waals surface area contributed by atoms with E-state index in [-0.39, 0.29) is 5.91 Å². The largest absolute Gasteiger partial charge is 0.351 e. The van der Waals surface area contributed by atoms with Gasteiger partial charge in [-0.05, 0) is 28.4 Å². The predicted octanol–water partition coefficient (Wildman–Crippen LogP) is 4.33. The van der Waals surface area contributed by atoms with Crippen LogP contribution in [0.5, 0.6) is 0 Å². The van der Waals surface area contributed by atoms with Crippen LogP contribution in [0.3, 0.4) is 0 Å². The summed E-state index contributed by atoms with van der Waals surface area (Å²) in [6, 6.07) is 7.77. The minimum atomic E-state index is -0.118. The molecule has 0 aliphatic rings. The van der Waals surface area contributed by atoms with Gasteiger partial charge in [-0.1, -0.05) is 29.8 Å². The lowest BCUT2D eigenvalue weighted by molar-refractivity contribution is 0.0957. The van der Waals surface area contributed by atoms with Crippen LogP contribution >= 0.6 is 38.9 Å².